The maximum absolute atomic E-state index is 13.5. The Balaban J connectivity index is 1.91. The molecule has 21 heavy (non-hydrogen) atoms. The van der Waals surface area contributed by atoms with Gasteiger partial charge in [-0.25, -0.2) is 9.18 Å². The molecule has 0 fully saturated rings. The molecule has 0 aliphatic carbocycles. The van der Waals surface area contributed by atoms with E-state index in [2.05, 4.69) is 36.5 Å². The van der Waals surface area contributed by atoms with Gasteiger partial charge in [0.2, 0.25) is 0 Å². The summed E-state index contributed by atoms with van der Waals surface area (Å²) in [7, 11) is 0. The number of aromatic carboxylic acids is 1. The molecule has 4 heteroatoms. The van der Waals surface area contributed by atoms with Crippen LogP contribution in [-0.2, 0) is 19.5 Å². The topological polar surface area (TPSA) is 49.3 Å². The van der Waals surface area contributed by atoms with Gasteiger partial charge < -0.3 is 10.4 Å². The van der Waals surface area contributed by atoms with Crippen LogP contribution in [-0.4, -0.2) is 11.1 Å². The van der Waals surface area contributed by atoms with Gasteiger partial charge in [0, 0.05) is 13.1 Å². The molecule has 2 aromatic carbocycles. The Labute approximate surface area is 123 Å². The number of benzene rings is 2. The van der Waals surface area contributed by atoms with E-state index in [0.29, 0.717) is 13.1 Å². The Morgan fingerprint density at radius 2 is 1.62 bits per heavy atom. The molecule has 110 valence electrons. The first-order valence-electron chi connectivity index (χ1n) is 6.90. The first-order chi connectivity index (χ1) is 10.1. The summed E-state index contributed by atoms with van der Waals surface area (Å²) in [6, 6.07) is 12.5. The molecule has 2 rings (SSSR count). The molecule has 2 N–H and O–H groups in total. The quantitative estimate of drug-likeness (QED) is 0.856. The van der Waals surface area contributed by atoms with Gasteiger partial charge in [0.15, 0.2) is 0 Å². The third-order valence-electron chi connectivity index (χ3n) is 3.35. The normalized spacial score (nSPS) is 10.6. The molecule has 0 atom stereocenters. The molecule has 0 bridgehead atoms. The van der Waals surface area contributed by atoms with Crippen LogP contribution in [0.15, 0.2) is 42.5 Å². The summed E-state index contributed by atoms with van der Waals surface area (Å²) in [5.41, 5.74) is 2.89. The van der Waals surface area contributed by atoms with Crippen LogP contribution in [0.1, 0.15) is 34.0 Å². The summed E-state index contributed by atoms with van der Waals surface area (Å²) >= 11 is 0. The van der Waals surface area contributed by atoms with E-state index in [-0.39, 0.29) is 5.56 Å². The zero-order chi connectivity index (χ0) is 15.2. The average Bonchev–Trinajstić information content (AvgIpc) is 2.47. The van der Waals surface area contributed by atoms with Crippen molar-refractivity contribution < 1.29 is 14.3 Å². The first-order valence-corrected chi connectivity index (χ1v) is 6.90. The fourth-order valence-corrected chi connectivity index (χ4v) is 2.09. The van der Waals surface area contributed by atoms with E-state index >= 15 is 0 Å². The Morgan fingerprint density at radius 1 is 1.05 bits per heavy atom. The molecule has 0 aliphatic heterocycles. The second-order valence-corrected chi connectivity index (χ2v) is 4.89. The van der Waals surface area contributed by atoms with E-state index in [1.165, 1.54) is 17.7 Å². The number of halogens is 1. The van der Waals surface area contributed by atoms with Gasteiger partial charge >= 0.3 is 5.97 Å². The van der Waals surface area contributed by atoms with Crippen molar-refractivity contribution in [1.82, 2.24) is 5.32 Å². The van der Waals surface area contributed by atoms with Crippen LogP contribution in [0.3, 0.4) is 0 Å². The number of aryl methyl sites for hydroxylation is 1. The van der Waals surface area contributed by atoms with E-state index in [1.807, 2.05) is 0 Å². The molecule has 0 saturated carbocycles. The highest BCUT2D eigenvalue weighted by atomic mass is 19.1. The van der Waals surface area contributed by atoms with Crippen molar-refractivity contribution in [3.05, 3.63) is 70.5 Å². The van der Waals surface area contributed by atoms with Crippen molar-refractivity contribution >= 4 is 5.97 Å². The minimum Gasteiger partial charge on any atom is -0.478 e. The maximum Gasteiger partial charge on any atom is 0.338 e. The summed E-state index contributed by atoms with van der Waals surface area (Å²) in [5, 5.41) is 12.0. The monoisotopic (exact) mass is 287 g/mol. The fraction of sp³-hybridized carbons (Fsp3) is 0.235. The number of hydrogen-bond acceptors (Lipinski definition) is 2. The largest absolute Gasteiger partial charge is 0.478 e. The summed E-state index contributed by atoms with van der Waals surface area (Å²) in [6.07, 6.45) is 1.02. The predicted octanol–water partition coefficient (Wildman–Crippen LogP) is 3.38. The number of carbonyl (C=O) groups is 1. The highest BCUT2D eigenvalue weighted by molar-refractivity contribution is 5.87. The first kappa shape index (κ1) is 15.2. The van der Waals surface area contributed by atoms with E-state index in [0.717, 1.165) is 17.5 Å². The lowest BCUT2D eigenvalue weighted by Crippen LogP contribution is -2.13. The molecule has 0 aliphatic rings. The smallest absolute Gasteiger partial charge is 0.338 e. The highest BCUT2D eigenvalue weighted by Crippen LogP contribution is 2.11. The zero-order valence-corrected chi connectivity index (χ0v) is 11.9. The second-order valence-electron chi connectivity index (χ2n) is 4.89. The van der Waals surface area contributed by atoms with E-state index < -0.39 is 11.8 Å². The molecular weight excluding hydrogens is 269 g/mol. The van der Waals surface area contributed by atoms with Crippen molar-refractivity contribution in [2.45, 2.75) is 26.4 Å². The van der Waals surface area contributed by atoms with Gasteiger partial charge in [-0.3, -0.25) is 0 Å². The standard InChI is InChI=1S/C17H18FNO2/c1-2-12-3-5-13(6-4-12)10-19-11-14-7-8-15(17(20)21)16(18)9-14/h3-9,19H,2,10-11H2,1H3,(H,20,21). The second kappa shape index (κ2) is 6.99. The van der Waals surface area contributed by atoms with Crippen molar-refractivity contribution in [2.75, 3.05) is 0 Å². The van der Waals surface area contributed by atoms with Gasteiger partial charge in [-0.1, -0.05) is 37.3 Å². The van der Waals surface area contributed by atoms with Gasteiger partial charge in [0.1, 0.15) is 5.82 Å². The lowest BCUT2D eigenvalue weighted by Gasteiger charge is -2.07. The molecule has 0 heterocycles. The predicted molar refractivity (Wildman–Crippen MR) is 79.7 cm³/mol. The number of carboxylic acids is 1. The zero-order valence-electron chi connectivity index (χ0n) is 11.9. The maximum atomic E-state index is 13.5. The Bertz CT molecular complexity index is 623. The van der Waals surface area contributed by atoms with Crippen LogP contribution in [0.2, 0.25) is 0 Å². The Hall–Kier alpha value is -2.20. The van der Waals surface area contributed by atoms with Gasteiger partial charge in [-0.15, -0.1) is 0 Å². The minimum absolute atomic E-state index is 0.297. The van der Waals surface area contributed by atoms with Gasteiger partial charge in [0.25, 0.3) is 0 Å². The third-order valence-corrected chi connectivity index (χ3v) is 3.35. The Morgan fingerprint density at radius 3 is 2.19 bits per heavy atom. The number of carboxylic acid groups (broad SMARTS) is 1. The van der Waals surface area contributed by atoms with Crippen LogP contribution < -0.4 is 5.32 Å². The van der Waals surface area contributed by atoms with Crippen LogP contribution in [0, 0.1) is 5.82 Å². The van der Waals surface area contributed by atoms with Gasteiger partial charge in [-0.2, -0.15) is 0 Å². The van der Waals surface area contributed by atoms with Crippen LogP contribution in [0.5, 0.6) is 0 Å². The van der Waals surface area contributed by atoms with E-state index in [1.54, 1.807) is 6.07 Å². The summed E-state index contributed by atoms with van der Waals surface area (Å²) in [5.74, 6) is -1.95. The summed E-state index contributed by atoms with van der Waals surface area (Å²) in [6.45, 7) is 3.29. The van der Waals surface area contributed by atoms with Crippen molar-refractivity contribution in [3.63, 3.8) is 0 Å². The molecule has 0 unspecified atom stereocenters. The molecule has 0 radical (unpaired) electrons. The number of nitrogens with one attached hydrogen (secondary N) is 1. The van der Waals surface area contributed by atoms with Crippen molar-refractivity contribution in [1.29, 1.82) is 0 Å². The van der Waals surface area contributed by atoms with Gasteiger partial charge in [-0.05, 0) is 35.2 Å². The number of hydrogen-bond donors (Lipinski definition) is 2. The van der Waals surface area contributed by atoms with Crippen LogP contribution in [0.4, 0.5) is 4.39 Å². The molecule has 0 aromatic heterocycles. The Kier molecular flexibility index (Phi) is 5.06. The highest BCUT2D eigenvalue weighted by Gasteiger charge is 2.09. The minimum atomic E-state index is -1.25. The lowest BCUT2D eigenvalue weighted by molar-refractivity contribution is 0.0692. The molecule has 0 spiro atoms. The average molecular weight is 287 g/mol. The molecular formula is C17H18FNO2. The molecule has 2 aromatic rings. The van der Waals surface area contributed by atoms with Crippen LogP contribution in [0.25, 0.3) is 0 Å². The van der Waals surface area contributed by atoms with Crippen molar-refractivity contribution in [2.24, 2.45) is 0 Å². The van der Waals surface area contributed by atoms with E-state index in [9.17, 15) is 9.18 Å². The lowest BCUT2D eigenvalue weighted by atomic mass is 10.1. The molecule has 0 amide bonds. The third kappa shape index (κ3) is 4.13. The van der Waals surface area contributed by atoms with E-state index in [4.69, 9.17) is 5.11 Å². The molecule has 0 saturated heterocycles. The summed E-state index contributed by atoms with van der Waals surface area (Å²) in [4.78, 5) is 10.7. The van der Waals surface area contributed by atoms with Gasteiger partial charge in [0.05, 0.1) is 5.56 Å². The van der Waals surface area contributed by atoms with Crippen molar-refractivity contribution in [3.8, 4) is 0 Å². The SMILES string of the molecule is CCc1ccc(CNCc2ccc(C(=O)O)c(F)c2)cc1. The summed E-state index contributed by atoms with van der Waals surface area (Å²) < 4.78 is 13.5. The number of rotatable bonds is 6. The molecule has 3 nitrogen and oxygen atoms in total. The van der Waals surface area contributed by atoms with Crippen LogP contribution >= 0.6 is 0 Å². The fourth-order valence-electron chi connectivity index (χ4n) is 2.09.